The maximum absolute atomic E-state index is 12.0. The lowest BCUT2D eigenvalue weighted by atomic mass is 9.96. The average molecular weight is 356 g/mol. The van der Waals surface area contributed by atoms with Gasteiger partial charge in [-0.15, -0.1) is 0 Å². The number of esters is 1. The van der Waals surface area contributed by atoms with Crippen molar-refractivity contribution in [3.05, 3.63) is 23.3 Å². The molecule has 138 valence electrons. The van der Waals surface area contributed by atoms with E-state index >= 15 is 0 Å². The van der Waals surface area contributed by atoms with Crippen LogP contribution in [0.3, 0.4) is 0 Å². The summed E-state index contributed by atoms with van der Waals surface area (Å²) >= 11 is 0. The Labute approximate surface area is 143 Å². The maximum atomic E-state index is 12.0. The Kier molecular flexibility index (Phi) is 4.85. The summed E-state index contributed by atoms with van der Waals surface area (Å²) in [5, 5.41) is 48.8. The molecule has 2 heterocycles. The molecule has 5 unspecified atom stereocenters. The molecule has 1 aromatic carbocycles. The van der Waals surface area contributed by atoms with Crippen LogP contribution in [0.15, 0.2) is 12.1 Å². The molecule has 0 aliphatic carbocycles. The normalized spacial score (nSPS) is 35.0. The fraction of sp³-hybridized carbons (Fsp3) is 0.562. The molecule has 2 aliphatic heterocycles. The number of phenolic OH excluding ortho intramolecular Hbond substituents is 1. The molecule has 25 heavy (non-hydrogen) atoms. The number of cyclic esters (lactones) is 1. The van der Waals surface area contributed by atoms with Crippen molar-refractivity contribution in [2.75, 3.05) is 6.61 Å². The van der Waals surface area contributed by atoms with Crippen molar-refractivity contribution in [2.24, 2.45) is 0 Å². The Morgan fingerprint density at radius 3 is 2.60 bits per heavy atom. The van der Waals surface area contributed by atoms with Gasteiger partial charge in [-0.2, -0.15) is 0 Å². The second kappa shape index (κ2) is 6.77. The van der Waals surface area contributed by atoms with Crippen LogP contribution in [0.5, 0.6) is 11.5 Å². The quantitative estimate of drug-likeness (QED) is 0.416. The number of fused-ring (bicyclic) bond motifs is 1. The van der Waals surface area contributed by atoms with E-state index in [4.69, 9.17) is 14.2 Å². The summed E-state index contributed by atoms with van der Waals surface area (Å²) in [6.45, 7) is 1.10. The van der Waals surface area contributed by atoms with Crippen LogP contribution in [-0.2, 0) is 15.9 Å². The molecule has 6 atom stereocenters. The molecule has 3 rings (SSSR count). The number of rotatable bonds is 3. The third kappa shape index (κ3) is 3.16. The highest BCUT2D eigenvalue weighted by Gasteiger charge is 2.45. The molecule has 1 saturated heterocycles. The number of hydrogen-bond acceptors (Lipinski definition) is 9. The molecule has 1 fully saturated rings. The zero-order valence-electron chi connectivity index (χ0n) is 13.4. The van der Waals surface area contributed by atoms with E-state index < -0.39 is 49.4 Å². The van der Waals surface area contributed by atoms with Gasteiger partial charge in [-0.3, -0.25) is 0 Å². The van der Waals surface area contributed by atoms with Gasteiger partial charge in [-0.05, 0) is 19.1 Å². The number of ether oxygens (including phenoxy) is 3. The van der Waals surface area contributed by atoms with Gasteiger partial charge in [0.2, 0.25) is 6.29 Å². The van der Waals surface area contributed by atoms with Gasteiger partial charge in [0.25, 0.3) is 0 Å². The number of carbonyl (C=O) groups is 1. The van der Waals surface area contributed by atoms with Crippen LogP contribution in [0.25, 0.3) is 0 Å². The van der Waals surface area contributed by atoms with Gasteiger partial charge >= 0.3 is 5.97 Å². The molecule has 0 spiro atoms. The van der Waals surface area contributed by atoms with E-state index in [-0.39, 0.29) is 23.5 Å². The number of aromatic hydroxyl groups is 1. The first-order chi connectivity index (χ1) is 11.8. The van der Waals surface area contributed by atoms with Crippen LogP contribution in [0.2, 0.25) is 0 Å². The van der Waals surface area contributed by atoms with E-state index in [2.05, 4.69) is 0 Å². The predicted octanol–water partition coefficient (Wildman–Crippen LogP) is -1.33. The molecule has 1 aromatic rings. The van der Waals surface area contributed by atoms with E-state index in [1.54, 1.807) is 6.92 Å². The van der Waals surface area contributed by atoms with E-state index in [1.807, 2.05) is 0 Å². The first-order valence-electron chi connectivity index (χ1n) is 7.86. The maximum Gasteiger partial charge on any atom is 0.342 e. The van der Waals surface area contributed by atoms with Gasteiger partial charge in [-0.1, -0.05) is 0 Å². The molecular formula is C16H20O9. The summed E-state index contributed by atoms with van der Waals surface area (Å²) in [6.07, 6.45) is -7.29. The highest BCUT2D eigenvalue weighted by Crippen LogP contribution is 2.36. The first-order valence-corrected chi connectivity index (χ1v) is 7.86. The standard InChI is InChI=1S/C16H20O9/c1-6-4-7-9(3-2-8(18)11(7)15(22)23-6)24-16-14(21)13(20)12(19)10(5-17)25-16/h2-3,6,10,12-14,16-21H,4-5H2,1H3/t6-,10?,12?,13?,14?,16?/m1/s1. The summed E-state index contributed by atoms with van der Waals surface area (Å²) in [4.78, 5) is 12.0. The van der Waals surface area contributed by atoms with Crippen LogP contribution in [-0.4, -0.2) is 74.9 Å². The molecule has 0 radical (unpaired) electrons. The van der Waals surface area contributed by atoms with E-state index in [0.29, 0.717) is 5.56 Å². The summed E-state index contributed by atoms with van der Waals surface area (Å²) in [5.41, 5.74) is 0.362. The fourth-order valence-electron chi connectivity index (χ4n) is 3.02. The number of aliphatic hydroxyl groups is 4. The van der Waals surface area contributed by atoms with Crippen LogP contribution in [0, 0.1) is 0 Å². The van der Waals surface area contributed by atoms with E-state index in [1.165, 1.54) is 12.1 Å². The van der Waals surface area contributed by atoms with Crippen molar-refractivity contribution in [2.45, 2.75) is 50.2 Å². The summed E-state index contributed by atoms with van der Waals surface area (Å²) < 4.78 is 16.0. The Morgan fingerprint density at radius 2 is 1.92 bits per heavy atom. The molecular weight excluding hydrogens is 336 g/mol. The van der Waals surface area contributed by atoms with Crippen molar-refractivity contribution in [3.63, 3.8) is 0 Å². The van der Waals surface area contributed by atoms with Gasteiger partial charge in [-0.25, -0.2) is 4.79 Å². The predicted molar refractivity (Wildman–Crippen MR) is 81.1 cm³/mol. The van der Waals surface area contributed by atoms with E-state index in [9.17, 15) is 30.3 Å². The van der Waals surface area contributed by atoms with Crippen molar-refractivity contribution in [1.29, 1.82) is 0 Å². The number of phenols is 1. The number of hydrogen-bond donors (Lipinski definition) is 5. The zero-order valence-corrected chi connectivity index (χ0v) is 13.4. The molecule has 0 saturated carbocycles. The SMILES string of the molecule is C[C@@H]1Cc2c(OC3OC(CO)C(O)C(O)C3O)ccc(O)c2C(=O)O1. The van der Waals surface area contributed by atoms with Crippen molar-refractivity contribution in [3.8, 4) is 11.5 Å². The summed E-state index contributed by atoms with van der Waals surface area (Å²) in [6, 6.07) is 2.65. The van der Waals surface area contributed by atoms with Crippen molar-refractivity contribution < 1.29 is 44.5 Å². The Bertz CT molecular complexity index is 659. The van der Waals surface area contributed by atoms with Crippen LogP contribution in [0.1, 0.15) is 22.8 Å². The minimum Gasteiger partial charge on any atom is -0.507 e. The van der Waals surface area contributed by atoms with Gasteiger partial charge in [0.05, 0.1) is 6.61 Å². The molecule has 5 N–H and O–H groups in total. The minimum atomic E-state index is -1.58. The average Bonchev–Trinajstić information content (AvgIpc) is 2.57. The summed E-state index contributed by atoms with van der Waals surface area (Å²) in [7, 11) is 0. The van der Waals surface area contributed by atoms with Crippen LogP contribution >= 0.6 is 0 Å². The molecule has 9 nitrogen and oxygen atoms in total. The third-order valence-electron chi connectivity index (χ3n) is 4.34. The van der Waals surface area contributed by atoms with Gasteiger partial charge in [0.1, 0.15) is 47.6 Å². The monoisotopic (exact) mass is 356 g/mol. The van der Waals surface area contributed by atoms with E-state index in [0.717, 1.165) is 0 Å². The van der Waals surface area contributed by atoms with Gasteiger partial charge in [0.15, 0.2) is 0 Å². The largest absolute Gasteiger partial charge is 0.507 e. The fourth-order valence-corrected chi connectivity index (χ4v) is 3.02. The molecule has 2 aliphatic rings. The first kappa shape index (κ1) is 17.9. The van der Waals surface area contributed by atoms with Crippen LogP contribution < -0.4 is 4.74 Å². The molecule has 9 heteroatoms. The summed E-state index contributed by atoms with van der Waals surface area (Å²) in [5.74, 6) is -0.779. The van der Waals surface area contributed by atoms with Gasteiger partial charge in [0, 0.05) is 12.0 Å². The lowest BCUT2D eigenvalue weighted by Crippen LogP contribution is -2.60. The Morgan fingerprint density at radius 1 is 1.20 bits per heavy atom. The number of benzene rings is 1. The number of aliphatic hydroxyl groups excluding tert-OH is 4. The lowest BCUT2D eigenvalue weighted by molar-refractivity contribution is -0.277. The molecule has 0 aromatic heterocycles. The molecule has 0 amide bonds. The molecule has 0 bridgehead atoms. The van der Waals surface area contributed by atoms with Crippen molar-refractivity contribution in [1.82, 2.24) is 0 Å². The highest BCUT2D eigenvalue weighted by molar-refractivity contribution is 5.96. The second-order valence-corrected chi connectivity index (χ2v) is 6.17. The van der Waals surface area contributed by atoms with Crippen molar-refractivity contribution >= 4 is 5.97 Å². The van der Waals surface area contributed by atoms with Gasteiger partial charge < -0.3 is 39.7 Å². The second-order valence-electron chi connectivity index (χ2n) is 6.17. The number of carbonyl (C=O) groups excluding carboxylic acids is 1. The Balaban J connectivity index is 1.91. The third-order valence-corrected chi connectivity index (χ3v) is 4.34. The topological polar surface area (TPSA) is 146 Å². The smallest absolute Gasteiger partial charge is 0.342 e. The zero-order chi connectivity index (χ0) is 18.3. The highest BCUT2D eigenvalue weighted by atomic mass is 16.7. The lowest BCUT2D eigenvalue weighted by Gasteiger charge is -2.40. The minimum absolute atomic E-state index is 0.0276. The Hall–Kier alpha value is -1.91. The van der Waals surface area contributed by atoms with Crippen LogP contribution in [0.4, 0.5) is 0 Å².